The standard InChI is InChI=1S/C14H22O2S2/c1-2-3-9-17-14(10-15)12-18(16)11-13-7-5-4-6-8-13/h4-8,14-15H,2-3,9-12H2,1H3/t14-,18-/m0/s1. The molecule has 0 spiro atoms. The average Bonchev–Trinajstić information content (AvgIpc) is 2.39. The van der Waals surface area contributed by atoms with E-state index in [1.807, 2.05) is 30.3 Å². The number of thioether (sulfide) groups is 1. The Labute approximate surface area is 117 Å². The van der Waals surface area contributed by atoms with Gasteiger partial charge in [-0.1, -0.05) is 43.7 Å². The van der Waals surface area contributed by atoms with Gasteiger partial charge in [-0.15, -0.1) is 0 Å². The maximum absolute atomic E-state index is 12.0. The molecule has 0 radical (unpaired) electrons. The summed E-state index contributed by atoms with van der Waals surface area (Å²) in [6, 6.07) is 9.88. The predicted octanol–water partition coefficient (Wildman–Crippen LogP) is 2.83. The number of aliphatic hydroxyl groups excluding tert-OH is 1. The number of rotatable bonds is 9. The monoisotopic (exact) mass is 286 g/mol. The highest BCUT2D eigenvalue weighted by Crippen LogP contribution is 2.15. The Balaban J connectivity index is 2.33. The first-order valence-corrected chi connectivity index (χ1v) is 8.91. The van der Waals surface area contributed by atoms with Gasteiger partial charge in [0.25, 0.3) is 0 Å². The third-order valence-electron chi connectivity index (χ3n) is 2.60. The van der Waals surface area contributed by atoms with Crippen molar-refractivity contribution in [3.63, 3.8) is 0 Å². The van der Waals surface area contributed by atoms with Gasteiger partial charge in [0.1, 0.15) is 0 Å². The van der Waals surface area contributed by atoms with Gasteiger partial charge in [0.15, 0.2) is 0 Å². The van der Waals surface area contributed by atoms with Gasteiger partial charge >= 0.3 is 0 Å². The SMILES string of the molecule is CCCCS[C@@H](CO)C[S@@](=O)Cc1ccccc1. The minimum absolute atomic E-state index is 0.112. The Morgan fingerprint density at radius 3 is 2.67 bits per heavy atom. The van der Waals surface area contributed by atoms with Crippen LogP contribution >= 0.6 is 11.8 Å². The molecule has 0 bridgehead atoms. The van der Waals surface area contributed by atoms with E-state index in [0.29, 0.717) is 11.5 Å². The van der Waals surface area contributed by atoms with Crippen LogP contribution in [0.25, 0.3) is 0 Å². The number of aliphatic hydroxyl groups is 1. The molecule has 0 aromatic heterocycles. The molecule has 2 nitrogen and oxygen atoms in total. The second-order valence-electron chi connectivity index (χ2n) is 4.27. The smallest absolute Gasteiger partial charge is 0.0558 e. The van der Waals surface area contributed by atoms with Gasteiger partial charge in [-0.05, 0) is 17.7 Å². The van der Waals surface area contributed by atoms with Gasteiger partial charge < -0.3 is 5.11 Å². The fourth-order valence-corrected chi connectivity index (χ4v) is 4.51. The molecule has 0 aliphatic heterocycles. The zero-order chi connectivity index (χ0) is 13.2. The van der Waals surface area contributed by atoms with E-state index in [0.717, 1.165) is 24.2 Å². The van der Waals surface area contributed by atoms with Crippen LogP contribution in [0.15, 0.2) is 30.3 Å². The molecule has 0 aliphatic rings. The molecule has 102 valence electrons. The Bertz CT molecular complexity index is 341. The van der Waals surface area contributed by atoms with Crippen molar-refractivity contribution in [1.82, 2.24) is 0 Å². The molecule has 0 unspecified atom stereocenters. The molecule has 0 aliphatic carbocycles. The fourth-order valence-electron chi connectivity index (χ4n) is 1.57. The lowest BCUT2D eigenvalue weighted by Gasteiger charge is -2.13. The number of unbranched alkanes of at least 4 members (excludes halogenated alkanes) is 1. The molecule has 0 saturated heterocycles. The molecule has 1 aromatic carbocycles. The topological polar surface area (TPSA) is 37.3 Å². The molecule has 1 rings (SSSR count). The molecule has 2 atom stereocenters. The summed E-state index contributed by atoms with van der Waals surface area (Å²) in [5.41, 5.74) is 1.10. The zero-order valence-electron chi connectivity index (χ0n) is 10.9. The van der Waals surface area contributed by atoms with E-state index in [4.69, 9.17) is 0 Å². The number of hydrogen-bond donors (Lipinski definition) is 1. The van der Waals surface area contributed by atoms with Crippen LogP contribution in [0.4, 0.5) is 0 Å². The number of hydrogen-bond acceptors (Lipinski definition) is 3. The molecule has 0 amide bonds. The summed E-state index contributed by atoms with van der Waals surface area (Å²) in [5, 5.41) is 9.40. The van der Waals surface area contributed by atoms with E-state index in [1.165, 1.54) is 0 Å². The first kappa shape index (κ1) is 15.7. The van der Waals surface area contributed by atoms with Crippen LogP contribution < -0.4 is 0 Å². The third kappa shape index (κ3) is 6.57. The van der Waals surface area contributed by atoms with Crippen molar-refractivity contribution in [2.45, 2.75) is 30.8 Å². The Kier molecular flexibility index (Phi) is 8.38. The van der Waals surface area contributed by atoms with Crippen molar-refractivity contribution in [3.8, 4) is 0 Å². The van der Waals surface area contributed by atoms with Crippen LogP contribution in [-0.2, 0) is 16.6 Å². The van der Waals surface area contributed by atoms with Crippen LogP contribution in [-0.4, -0.2) is 32.7 Å². The van der Waals surface area contributed by atoms with Crippen molar-refractivity contribution in [3.05, 3.63) is 35.9 Å². The highest BCUT2D eigenvalue weighted by atomic mass is 32.2. The van der Waals surface area contributed by atoms with Gasteiger partial charge in [0.05, 0.1) is 6.61 Å². The van der Waals surface area contributed by atoms with Gasteiger partial charge in [-0.3, -0.25) is 4.21 Å². The molecule has 0 saturated carbocycles. The predicted molar refractivity (Wildman–Crippen MR) is 81.4 cm³/mol. The van der Waals surface area contributed by atoms with Gasteiger partial charge in [0, 0.05) is 27.6 Å². The Morgan fingerprint density at radius 1 is 1.33 bits per heavy atom. The Hall–Kier alpha value is -0.320. The van der Waals surface area contributed by atoms with Crippen LogP contribution in [0.5, 0.6) is 0 Å². The first-order valence-electron chi connectivity index (χ1n) is 6.37. The molecule has 0 fully saturated rings. The van der Waals surface area contributed by atoms with E-state index in [2.05, 4.69) is 6.92 Å². The molecule has 4 heteroatoms. The first-order chi connectivity index (χ1) is 8.76. The van der Waals surface area contributed by atoms with Crippen LogP contribution in [0.3, 0.4) is 0 Å². The lowest BCUT2D eigenvalue weighted by Crippen LogP contribution is -2.19. The summed E-state index contributed by atoms with van der Waals surface area (Å²) in [5.74, 6) is 2.22. The lowest BCUT2D eigenvalue weighted by atomic mass is 10.2. The van der Waals surface area contributed by atoms with E-state index in [1.54, 1.807) is 11.8 Å². The number of benzene rings is 1. The summed E-state index contributed by atoms with van der Waals surface area (Å²) in [4.78, 5) is 0. The Morgan fingerprint density at radius 2 is 2.06 bits per heavy atom. The van der Waals surface area contributed by atoms with E-state index in [9.17, 15) is 9.32 Å². The maximum atomic E-state index is 12.0. The van der Waals surface area contributed by atoms with E-state index < -0.39 is 10.8 Å². The van der Waals surface area contributed by atoms with Crippen LogP contribution in [0.2, 0.25) is 0 Å². The highest BCUT2D eigenvalue weighted by Gasteiger charge is 2.12. The maximum Gasteiger partial charge on any atom is 0.0558 e. The molecular weight excluding hydrogens is 264 g/mol. The molecule has 18 heavy (non-hydrogen) atoms. The van der Waals surface area contributed by atoms with E-state index >= 15 is 0 Å². The lowest BCUT2D eigenvalue weighted by molar-refractivity contribution is 0.301. The van der Waals surface area contributed by atoms with Crippen molar-refractivity contribution >= 4 is 22.6 Å². The third-order valence-corrected chi connectivity index (χ3v) is 5.55. The van der Waals surface area contributed by atoms with Gasteiger partial charge in [-0.25, -0.2) is 0 Å². The second kappa shape index (κ2) is 9.59. The quantitative estimate of drug-likeness (QED) is 0.709. The van der Waals surface area contributed by atoms with Crippen LogP contribution in [0, 0.1) is 0 Å². The van der Waals surface area contributed by atoms with Gasteiger partial charge in [-0.2, -0.15) is 11.8 Å². The summed E-state index contributed by atoms with van der Waals surface area (Å²) in [6.07, 6.45) is 2.32. The van der Waals surface area contributed by atoms with Crippen LogP contribution in [0.1, 0.15) is 25.3 Å². The van der Waals surface area contributed by atoms with Crippen molar-refractivity contribution < 1.29 is 9.32 Å². The summed E-state index contributed by atoms with van der Waals surface area (Å²) in [7, 11) is -0.887. The molecule has 1 aromatic rings. The minimum Gasteiger partial charge on any atom is -0.395 e. The van der Waals surface area contributed by atoms with Gasteiger partial charge in [0.2, 0.25) is 0 Å². The van der Waals surface area contributed by atoms with Crippen molar-refractivity contribution in [2.75, 3.05) is 18.1 Å². The summed E-state index contributed by atoms with van der Waals surface area (Å²) < 4.78 is 12.0. The largest absolute Gasteiger partial charge is 0.395 e. The van der Waals surface area contributed by atoms with E-state index in [-0.39, 0.29) is 11.9 Å². The molecule has 1 N–H and O–H groups in total. The molecule has 0 heterocycles. The normalized spacial score (nSPS) is 14.3. The molecular formula is C14H22O2S2. The van der Waals surface area contributed by atoms with Crippen molar-refractivity contribution in [1.29, 1.82) is 0 Å². The van der Waals surface area contributed by atoms with Crippen molar-refractivity contribution in [2.24, 2.45) is 0 Å². The average molecular weight is 286 g/mol. The minimum atomic E-state index is -0.887. The fraction of sp³-hybridized carbons (Fsp3) is 0.571. The summed E-state index contributed by atoms with van der Waals surface area (Å²) in [6.45, 7) is 2.27. The summed E-state index contributed by atoms with van der Waals surface area (Å²) >= 11 is 1.74. The highest BCUT2D eigenvalue weighted by molar-refractivity contribution is 8.00. The second-order valence-corrected chi connectivity index (χ2v) is 7.18. The zero-order valence-corrected chi connectivity index (χ0v) is 12.5.